The third kappa shape index (κ3) is 5.51. The summed E-state index contributed by atoms with van der Waals surface area (Å²) >= 11 is 1.79. The van der Waals surface area contributed by atoms with Crippen LogP contribution in [0.25, 0.3) is 10.6 Å². The molecule has 0 saturated carbocycles. The molecule has 0 N–H and O–H groups in total. The predicted molar refractivity (Wildman–Crippen MR) is 147 cm³/mol. The first-order chi connectivity index (χ1) is 16.9. The summed E-state index contributed by atoms with van der Waals surface area (Å²) in [6.07, 6.45) is 7.61. The number of imidazole rings is 1. The maximum Gasteiger partial charge on any atom is 0.242 e. The second-order valence-electron chi connectivity index (χ2n) is 11.9. The minimum atomic E-state index is -0.0456. The molecule has 0 unspecified atom stereocenters. The van der Waals surface area contributed by atoms with Crippen LogP contribution in [0.2, 0.25) is 0 Å². The number of rotatable bonds is 5. The Bertz CT molecular complexity index is 1190. The number of methoxy groups -OCH3 is 1. The monoisotopic (exact) mass is 508 g/mol. The number of aryl methyl sites for hydroxylation is 1. The third-order valence-electron chi connectivity index (χ3n) is 7.16. The lowest BCUT2D eigenvalue weighted by atomic mass is 9.78. The Kier molecular flexibility index (Phi) is 7.33. The summed E-state index contributed by atoms with van der Waals surface area (Å²) < 4.78 is 7.85. The highest BCUT2D eigenvalue weighted by atomic mass is 32.1. The van der Waals surface area contributed by atoms with Crippen molar-refractivity contribution in [2.24, 2.45) is 0 Å². The van der Waals surface area contributed by atoms with E-state index in [4.69, 9.17) is 9.72 Å². The molecule has 0 bridgehead atoms. The Labute approximate surface area is 219 Å². The van der Waals surface area contributed by atoms with Crippen molar-refractivity contribution >= 4 is 17.2 Å². The second kappa shape index (κ2) is 10.0. The fourth-order valence-electron chi connectivity index (χ4n) is 4.93. The summed E-state index contributed by atoms with van der Waals surface area (Å²) in [5, 5.41) is 1.05. The van der Waals surface area contributed by atoms with Crippen LogP contribution in [0.5, 0.6) is 5.75 Å². The van der Waals surface area contributed by atoms with Gasteiger partial charge in [-0.05, 0) is 48.6 Å². The van der Waals surface area contributed by atoms with Gasteiger partial charge in [0.05, 0.1) is 7.11 Å². The normalized spacial score (nSPS) is 15.4. The highest BCUT2D eigenvalue weighted by Crippen LogP contribution is 2.44. The van der Waals surface area contributed by atoms with E-state index in [9.17, 15) is 4.79 Å². The maximum atomic E-state index is 12.8. The van der Waals surface area contributed by atoms with Gasteiger partial charge in [-0.25, -0.2) is 9.97 Å². The first-order valence-electron chi connectivity index (χ1n) is 12.8. The number of ether oxygens (including phenoxy) is 1. The number of benzene rings is 1. The Morgan fingerprint density at radius 2 is 1.67 bits per heavy atom. The summed E-state index contributed by atoms with van der Waals surface area (Å²) in [4.78, 5) is 25.2. The molecule has 3 heterocycles. The molecule has 3 aromatic rings. The van der Waals surface area contributed by atoms with E-state index < -0.39 is 0 Å². The van der Waals surface area contributed by atoms with Crippen LogP contribution in [0.15, 0.2) is 30.7 Å². The molecule has 0 atom stereocenters. The topological polar surface area (TPSA) is 60.2 Å². The van der Waals surface area contributed by atoms with Crippen molar-refractivity contribution in [2.45, 2.75) is 84.6 Å². The van der Waals surface area contributed by atoms with Gasteiger partial charge in [-0.2, -0.15) is 0 Å². The average molecular weight is 509 g/mol. The van der Waals surface area contributed by atoms with Gasteiger partial charge >= 0.3 is 0 Å². The van der Waals surface area contributed by atoms with E-state index in [0.717, 1.165) is 48.1 Å². The van der Waals surface area contributed by atoms with Gasteiger partial charge in [0.2, 0.25) is 5.91 Å². The largest absolute Gasteiger partial charge is 0.496 e. The molecule has 1 fully saturated rings. The third-order valence-corrected chi connectivity index (χ3v) is 8.37. The Morgan fingerprint density at radius 1 is 1.06 bits per heavy atom. The average Bonchev–Trinajstić information content (AvgIpc) is 3.46. The number of hydrogen-bond donors (Lipinski definition) is 0. The highest BCUT2D eigenvalue weighted by Gasteiger charge is 2.29. The molecular formula is C29H40N4O2S. The van der Waals surface area contributed by atoms with Crippen molar-refractivity contribution in [2.75, 3.05) is 20.2 Å². The summed E-state index contributed by atoms with van der Waals surface area (Å²) in [5.74, 6) is 2.47. The van der Waals surface area contributed by atoms with E-state index in [-0.39, 0.29) is 16.7 Å². The van der Waals surface area contributed by atoms with E-state index in [2.05, 4.69) is 64.9 Å². The van der Waals surface area contributed by atoms with Gasteiger partial charge in [0.1, 0.15) is 23.1 Å². The van der Waals surface area contributed by atoms with Gasteiger partial charge in [0.15, 0.2) is 0 Å². The molecule has 36 heavy (non-hydrogen) atoms. The van der Waals surface area contributed by atoms with Crippen LogP contribution in [-0.2, 0) is 22.2 Å². The van der Waals surface area contributed by atoms with E-state index in [1.54, 1.807) is 24.6 Å². The number of thiazole rings is 1. The molecule has 1 aromatic carbocycles. The maximum absolute atomic E-state index is 12.8. The van der Waals surface area contributed by atoms with E-state index in [1.165, 1.54) is 16.0 Å². The zero-order valence-corrected chi connectivity index (χ0v) is 23.8. The van der Waals surface area contributed by atoms with Crippen LogP contribution in [-0.4, -0.2) is 45.5 Å². The van der Waals surface area contributed by atoms with Crippen LogP contribution >= 0.6 is 11.3 Å². The molecule has 1 amide bonds. The SMILES string of the molecule is COc1c(C(C)(C)C)cc(-c2ncc(C3CCN(C(=O)Cn4ccnc4C)CC3)s2)cc1C(C)(C)C. The Morgan fingerprint density at radius 3 is 2.17 bits per heavy atom. The van der Waals surface area contributed by atoms with Gasteiger partial charge in [0.25, 0.3) is 0 Å². The van der Waals surface area contributed by atoms with Crippen LogP contribution in [0.1, 0.15) is 82.1 Å². The zero-order chi connectivity index (χ0) is 26.3. The van der Waals surface area contributed by atoms with Crippen molar-refractivity contribution in [3.8, 4) is 16.3 Å². The number of amides is 1. The molecule has 1 saturated heterocycles. The number of hydrogen-bond acceptors (Lipinski definition) is 5. The standard InChI is InChI=1S/C29H40N4O2S/c1-19-30-11-14-33(19)18-25(34)32-12-9-20(10-13-32)24-17-31-27(36-24)21-15-22(28(2,3)4)26(35-8)23(16-21)29(5,6)7/h11,14-17,20H,9-10,12-13,18H2,1-8H3. The summed E-state index contributed by atoms with van der Waals surface area (Å²) in [5.41, 5.74) is 3.49. The molecule has 0 spiro atoms. The summed E-state index contributed by atoms with van der Waals surface area (Å²) in [6.45, 7) is 17.3. The molecule has 0 aliphatic carbocycles. The molecule has 0 radical (unpaired) electrons. The van der Waals surface area contributed by atoms with Crippen LogP contribution < -0.4 is 4.74 Å². The molecule has 4 rings (SSSR count). The molecule has 6 nitrogen and oxygen atoms in total. The lowest BCUT2D eigenvalue weighted by molar-refractivity contribution is -0.132. The molecule has 1 aliphatic heterocycles. The van der Waals surface area contributed by atoms with Gasteiger partial charge in [-0.3, -0.25) is 4.79 Å². The molecule has 1 aliphatic rings. The van der Waals surface area contributed by atoms with Crippen molar-refractivity contribution in [1.82, 2.24) is 19.4 Å². The van der Waals surface area contributed by atoms with Crippen LogP contribution in [0.3, 0.4) is 0 Å². The molecule has 2 aromatic heterocycles. The Hall–Kier alpha value is -2.67. The number of carbonyl (C=O) groups is 1. The number of carbonyl (C=O) groups excluding carboxylic acids is 1. The van der Waals surface area contributed by atoms with E-state index in [1.807, 2.05) is 22.6 Å². The first kappa shape index (κ1) is 26.4. The number of likely N-dealkylation sites (tertiary alicyclic amines) is 1. The van der Waals surface area contributed by atoms with Gasteiger partial charge < -0.3 is 14.2 Å². The van der Waals surface area contributed by atoms with Crippen molar-refractivity contribution < 1.29 is 9.53 Å². The minimum absolute atomic E-state index is 0.0456. The fraction of sp³-hybridized carbons (Fsp3) is 0.552. The highest BCUT2D eigenvalue weighted by molar-refractivity contribution is 7.15. The zero-order valence-electron chi connectivity index (χ0n) is 23.0. The molecular weight excluding hydrogens is 468 g/mol. The van der Waals surface area contributed by atoms with Crippen LogP contribution in [0, 0.1) is 6.92 Å². The first-order valence-corrected chi connectivity index (χ1v) is 13.6. The van der Waals surface area contributed by atoms with E-state index in [0.29, 0.717) is 12.5 Å². The van der Waals surface area contributed by atoms with Gasteiger partial charge in [-0.1, -0.05) is 41.5 Å². The van der Waals surface area contributed by atoms with Gasteiger partial charge in [-0.15, -0.1) is 11.3 Å². The second-order valence-corrected chi connectivity index (χ2v) is 13.0. The number of aromatic nitrogens is 3. The lowest BCUT2D eigenvalue weighted by Crippen LogP contribution is -2.39. The van der Waals surface area contributed by atoms with Crippen LogP contribution in [0.4, 0.5) is 0 Å². The number of nitrogens with zero attached hydrogens (tertiary/aromatic N) is 4. The van der Waals surface area contributed by atoms with Gasteiger partial charge in [0, 0.05) is 53.2 Å². The molecule has 194 valence electrons. The fourth-order valence-corrected chi connectivity index (χ4v) is 6.00. The summed E-state index contributed by atoms with van der Waals surface area (Å²) in [6, 6.07) is 4.52. The van der Waals surface area contributed by atoms with Crippen molar-refractivity contribution in [3.05, 3.63) is 52.6 Å². The minimum Gasteiger partial charge on any atom is -0.496 e. The van der Waals surface area contributed by atoms with Crippen molar-refractivity contribution in [1.29, 1.82) is 0 Å². The quantitative estimate of drug-likeness (QED) is 0.404. The number of piperidine rings is 1. The smallest absolute Gasteiger partial charge is 0.242 e. The van der Waals surface area contributed by atoms with E-state index >= 15 is 0 Å². The predicted octanol–water partition coefficient (Wildman–Crippen LogP) is 6.32. The lowest BCUT2D eigenvalue weighted by Gasteiger charge is -2.31. The Balaban J connectivity index is 1.52. The molecule has 7 heteroatoms. The summed E-state index contributed by atoms with van der Waals surface area (Å²) in [7, 11) is 1.77. The van der Waals surface area contributed by atoms with Crippen molar-refractivity contribution in [3.63, 3.8) is 0 Å².